The van der Waals surface area contributed by atoms with Crippen molar-refractivity contribution >= 4 is 5.69 Å². The molecule has 0 radical (unpaired) electrons. The molecule has 1 aromatic rings. The van der Waals surface area contributed by atoms with Crippen molar-refractivity contribution in [2.75, 3.05) is 25.6 Å². The third-order valence-electron chi connectivity index (χ3n) is 3.93. The first-order chi connectivity index (χ1) is 8.10. The van der Waals surface area contributed by atoms with Gasteiger partial charge in [0.15, 0.2) is 0 Å². The molecule has 2 rings (SSSR count). The van der Waals surface area contributed by atoms with Crippen molar-refractivity contribution in [2.45, 2.75) is 38.5 Å². The quantitative estimate of drug-likeness (QED) is 0.788. The molecule has 94 valence electrons. The number of ether oxygens (including phenoxy) is 1. The highest BCUT2D eigenvalue weighted by Gasteiger charge is 2.36. The Hall–Kier alpha value is -1.18. The van der Waals surface area contributed by atoms with Gasteiger partial charge in [-0.2, -0.15) is 0 Å². The van der Waals surface area contributed by atoms with Gasteiger partial charge in [0.1, 0.15) is 5.75 Å². The van der Waals surface area contributed by atoms with Crippen LogP contribution in [0, 0.1) is 0 Å². The van der Waals surface area contributed by atoms with E-state index in [-0.39, 0.29) is 5.41 Å². The third-order valence-corrected chi connectivity index (χ3v) is 3.93. The van der Waals surface area contributed by atoms with Crippen molar-refractivity contribution in [3.05, 3.63) is 23.8 Å². The van der Waals surface area contributed by atoms with E-state index in [1.807, 2.05) is 0 Å². The van der Waals surface area contributed by atoms with Gasteiger partial charge in [-0.1, -0.05) is 26.7 Å². The molecular formula is C15H23NO. The Balaban J connectivity index is 2.36. The van der Waals surface area contributed by atoms with Gasteiger partial charge in [-0.25, -0.2) is 0 Å². The number of hydrogen-bond acceptors (Lipinski definition) is 2. The zero-order valence-electron chi connectivity index (χ0n) is 11.4. The van der Waals surface area contributed by atoms with E-state index in [9.17, 15) is 0 Å². The standard InChI is InChI=1S/C15H23NO/c1-5-6-9-15(2)11-16(3)14-8-7-12(17-4)10-13(14)15/h7-8,10H,5-6,9,11H2,1-4H3. The minimum absolute atomic E-state index is 0.286. The molecule has 1 atom stereocenters. The number of hydrogen-bond donors (Lipinski definition) is 0. The van der Waals surface area contributed by atoms with Gasteiger partial charge in [0.2, 0.25) is 0 Å². The first kappa shape index (κ1) is 12.3. The number of rotatable bonds is 4. The largest absolute Gasteiger partial charge is 0.497 e. The summed E-state index contributed by atoms with van der Waals surface area (Å²) in [6.07, 6.45) is 3.81. The number of methoxy groups -OCH3 is 1. The number of unbranched alkanes of at least 4 members (excludes halogenated alkanes) is 1. The summed E-state index contributed by atoms with van der Waals surface area (Å²) >= 11 is 0. The molecule has 0 saturated heterocycles. The SMILES string of the molecule is CCCCC1(C)CN(C)c2ccc(OC)cc21. The Kier molecular flexibility index (Phi) is 3.32. The Bertz CT molecular complexity index is 402. The number of benzene rings is 1. The van der Waals surface area contributed by atoms with Gasteiger partial charge in [0.25, 0.3) is 0 Å². The zero-order valence-corrected chi connectivity index (χ0v) is 11.4. The summed E-state index contributed by atoms with van der Waals surface area (Å²) in [5.74, 6) is 0.974. The highest BCUT2D eigenvalue weighted by Crippen LogP contribution is 2.44. The molecule has 0 aliphatic carbocycles. The Morgan fingerprint density at radius 1 is 1.41 bits per heavy atom. The Labute approximate surface area is 105 Å². The molecule has 17 heavy (non-hydrogen) atoms. The minimum atomic E-state index is 0.286. The number of anilines is 1. The lowest BCUT2D eigenvalue weighted by Gasteiger charge is -2.25. The maximum atomic E-state index is 5.35. The fourth-order valence-corrected chi connectivity index (χ4v) is 2.93. The predicted molar refractivity (Wildman–Crippen MR) is 73.1 cm³/mol. The summed E-state index contributed by atoms with van der Waals surface area (Å²) in [6.45, 7) is 5.76. The maximum absolute atomic E-state index is 5.35. The third kappa shape index (κ3) is 2.13. The molecule has 1 aromatic carbocycles. The van der Waals surface area contributed by atoms with Gasteiger partial charge in [-0.05, 0) is 30.2 Å². The predicted octanol–water partition coefficient (Wildman–Crippen LogP) is 3.59. The van der Waals surface area contributed by atoms with Crippen molar-refractivity contribution in [3.8, 4) is 5.75 Å². The molecule has 0 amide bonds. The molecule has 1 aliphatic heterocycles. The van der Waals surface area contributed by atoms with Gasteiger partial charge >= 0.3 is 0 Å². The summed E-state index contributed by atoms with van der Waals surface area (Å²) < 4.78 is 5.35. The molecule has 2 heteroatoms. The second-order valence-electron chi connectivity index (χ2n) is 5.40. The maximum Gasteiger partial charge on any atom is 0.119 e. The monoisotopic (exact) mass is 233 g/mol. The van der Waals surface area contributed by atoms with Crippen LogP contribution in [0.4, 0.5) is 5.69 Å². The Morgan fingerprint density at radius 3 is 2.82 bits per heavy atom. The van der Waals surface area contributed by atoms with Crippen LogP contribution in [0.5, 0.6) is 5.75 Å². The van der Waals surface area contributed by atoms with E-state index < -0.39 is 0 Å². The number of likely N-dealkylation sites (N-methyl/N-ethyl adjacent to an activating group) is 1. The molecule has 0 N–H and O–H groups in total. The van der Waals surface area contributed by atoms with E-state index in [4.69, 9.17) is 4.74 Å². The van der Waals surface area contributed by atoms with Crippen LogP contribution in [0.1, 0.15) is 38.7 Å². The van der Waals surface area contributed by atoms with Crippen molar-refractivity contribution in [2.24, 2.45) is 0 Å². The average molecular weight is 233 g/mol. The molecule has 0 aromatic heterocycles. The molecular weight excluding hydrogens is 210 g/mol. The topological polar surface area (TPSA) is 12.5 Å². The second-order valence-corrected chi connectivity index (χ2v) is 5.40. The van der Waals surface area contributed by atoms with Gasteiger partial charge in [0.05, 0.1) is 7.11 Å². The molecule has 2 nitrogen and oxygen atoms in total. The summed E-state index contributed by atoms with van der Waals surface area (Å²) in [7, 11) is 3.92. The lowest BCUT2D eigenvalue weighted by molar-refractivity contribution is 0.409. The van der Waals surface area contributed by atoms with Crippen molar-refractivity contribution in [3.63, 3.8) is 0 Å². The smallest absolute Gasteiger partial charge is 0.119 e. The van der Waals surface area contributed by atoms with Crippen LogP contribution < -0.4 is 9.64 Å². The summed E-state index contributed by atoms with van der Waals surface area (Å²) in [5, 5.41) is 0. The van der Waals surface area contributed by atoms with Crippen LogP contribution in [0.3, 0.4) is 0 Å². The van der Waals surface area contributed by atoms with Crippen LogP contribution in [0.2, 0.25) is 0 Å². The first-order valence-electron chi connectivity index (χ1n) is 6.50. The molecule has 0 bridgehead atoms. The van der Waals surface area contributed by atoms with E-state index >= 15 is 0 Å². The van der Waals surface area contributed by atoms with Crippen molar-refractivity contribution in [1.82, 2.24) is 0 Å². The summed E-state index contributed by atoms with van der Waals surface area (Å²) in [6, 6.07) is 6.46. The van der Waals surface area contributed by atoms with Gasteiger partial charge < -0.3 is 9.64 Å². The average Bonchev–Trinajstić information content (AvgIpc) is 2.59. The highest BCUT2D eigenvalue weighted by molar-refractivity contribution is 5.63. The first-order valence-corrected chi connectivity index (χ1v) is 6.50. The van der Waals surface area contributed by atoms with Crippen LogP contribution in [0.25, 0.3) is 0 Å². The van der Waals surface area contributed by atoms with Crippen LogP contribution >= 0.6 is 0 Å². The fraction of sp³-hybridized carbons (Fsp3) is 0.600. The fourth-order valence-electron chi connectivity index (χ4n) is 2.93. The van der Waals surface area contributed by atoms with E-state index in [0.717, 1.165) is 12.3 Å². The molecule has 1 unspecified atom stereocenters. The normalized spacial score (nSPS) is 22.7. The number of nitrogens with zero attached hydrogens (tertiary/aromatic N) is 1. The van der Waals surface area contributed by atoms with Crippen molar-refractivity contribution < 1.29 is 4.74 Å². The second kappa shape index (κ2) is 4.59. The lowest BCUT2D eigenvalue weighted by Crippen LogP contribution is -2.28. The van der Waals surface area contributed by atoms with Gasteiger partial charge in [-0.3, -0.25) is 0 Å². The van der Waals surface area contributed by atoms with Crippen molar-refractivity contribution in [1.29, 1.82) is 0 Å². The van der Waals surface area contributed by atoms with Crippen LogP contribution in [0.15, 0.2) is 18.2 Å². The van der Waals surface area contributed by atoms with Gasteiger partial charge in [-0.15, -0.1) is 0 Å². The summed E-state index contributed by atoms with van der Waals surface area (Å²) in [5.41, 5.74) is 3.10. The molecule has 0 saturated carbocycles. The number of fused-ring (bicyclic) bond motifs is 1. The van der Waals surface area contributed by atoms with Gasteiger partial charge in [0, 0.05) is 24.7 Å². The van der Waals surface area contributed by atoms with E-state index in [1.54, 1.807) is 7.11 Å². The molecule has 1 heterocycles. The molecule has 1 aliphatic rings. The van der Waals surface area contributed by atoms with E-state index in [2.05, 4.69) is 44.0 Å². The van der Waals surface area contributed by atoms with Crippen LogP contribution in [-0.2, 0) is 5.41 Å². The van der Waals surface area contributed by atoms with E-state index in [1.165, 1.54) is 30.5 Å². The Morgan fingerprint density at radius 2 is 2.18 bits per heavy atom. The van der Waals surface area contributed by atoms with Crippen LogP contribution in [-0.4, -0.2) is 20.7 Å². The van der Waals surface area contributed by atoms with E-state index in [0.29, 0.717) is 0 Å². The lowest BCUT2D eigenvalue weighted by atomic mass is 9.80. The minimum Gasteiger partial charge on any atom is -0.497 e. The highest BCUT2D eigenvalue weighted by atomic mass is 16.5. The zero-order chi connectivity index (χ0) is 12.5. The molecule has 0 fully saturated rings. The molecule has 0 spiro atoms. The summed E-state index contributed by atoms with van der Waals surface area (Å²) in [4.78, 5) is 2.37.